The Hall–Kier alpha value is -2.56. The van der Waals surface area contributed by atoms with E-state index in [1.165, 1.54) is 24.3 Å². The predicted molar refractivity (Wildman–Crippen MR) is 71.3 cm³/mol. The maximum atomic E-state index is 13.2. The molecular formula is C14H13FN2O2. The van der Waals surface area contributed by atoms with E-state index in [-0.39, 0.29) is 23.8 Å². The molecule has 98 valence electrons. The predicted octanol–water partition coefficient (Wildman–Crippen LogP) is 2.29. The van der Waals surface area contributed by atoms with Gasteiger partial charge in [-0.25, -0.2) is 4.39 Å². The number of nitrogen functional groups attached to an aromatic ring is 1. The van der Waals surface area contributed by atoms with Gasteiger partial charge in [0.25, 0.3) is 0 Å². The summed E-state index contributed by atoms with van der Waals surface area (Å²) >= 11 is 0. The number of aromatic hydroxyl groups is 1. The van der Waals surface area contributed by atoms with E-state index in [1.54, 1.807) is 12.1 Å². The zero-order valence-electron chi connectivity index (χ0n) is 10.1. The Morgan fingerprint density at radius 3 is 2.74 bits per heavy atom. The van der Waals surface area contributed by atoms with E-state index in [4.69, 9.17) is 5.73 Å². The van der Waals surface area contributed by atoms with Gasteiger partial charge < -0.3 is 16.2 Å². The molecule has 0 saturated heterocycles. The number of phenols is 1. The van der Waals surface area contributed by atoms with Gasteiger partial charge in [0, 0.05) is 5.69 Å². The molecule has 4 nitrogen and oxygen atoms in total. The Bertz CT molecular complexity index is 614. The minimum absolute atomic E-state index is 0.0333. The van der Waals surface area contributed by atoms with Crippen LogP contribution in [0.2, 0.25) is 0 Å². The van der Waals surface area contributed by atoms with Crippen LogP contribution in [0.1, 0.15) is 5.56 Å². The molecule has 0 saturated carbocycles. The Morgan fingerprint density at radius 2 is 2.05 bits per heavy atom. The minimum Gasteiger partial charge on any atom is -0.508 e. The van der Waals surface area contributed by atoms with Crippen molar-refractivity contribution in [2.45, 2.75) is 6.42 Å². The first-order valence-corrected chi connectivity index (χ1v) is 5.67. The number of amides is 1. The molecule has 0 fully saturated rings. The van der Waals surface area contributed by atoms with E-state index < -0.39 is 5.82 Å². The summed E-state index contributed by atoms with van der Waals surface area (Å²) in [4.78, 5) is 11.7. The standard InChI is InChI=1S/C14H13FN2O2/c15-12-8-10(4-5-13(12)16)17-14(19)7-9-2-1-3-11(18)6-9/h1-6,8,18H,7,16H2,(H,17,19). The van der Waals surface area contributed by atoms with Crippen LogP contribution < -0.4 is 11.1 Å². The molecule has 0 atom stereocenters. The van der Waals surface area contributed by atoms with Gasteiger partial charge in [-0.3, -0.25) is 4.79 Å². The Labute approximate surface area is 109 Å². The molecule has 0 spiro atoms. The Balaban J connectivity index is 2.03. The molecule has 0 aliphatic carbocycles. The molecule has 5 heteroatoms. The lowest BCUT2D eigenvalue weighted by atomic mass is 10.1. The van der Waals surface area contributed by atoms with Crippen molar-refractivity contribution in [2.75, 3.05) is 11.1 Å². The van der Waals surface area contributed by atoms with Crippen LogP contribution in [-0.2, 0) is 11.2 Å². The van der Waals surface area contributed by atoms with Crippen LogP contribution in [0, 0.1) is 5.82 Å². The lowest BCUT2D eigenvalue weighted by Gasteiger charge is -2.06. The van der Waals surface area contributed by atoms with Gasteiger partial charge in [0.1, 0.15) is 11.6 Å². The fourth-order valence-electron chi connectivity index (χ4n) is 1.66. The first-order chi connectivity index (χ1) is 9.04. The zero-order chi connectivity index (χ0) is 13.8. The van der Waals surface area contributed by atoms with Gasteiger partial charge in [-0.05, 0) is 35.9 Å². The van der Waals surface area contributed by atoms with Crippen LogP contribution >= 0.6 is 0 Å². The van der Waals surface area contributed by atoms with E-state index >= 15 is 0 Å². The SMILES string of the molecule is Nc1ccc(NC(=O)Cc2cccc(O)c2)cc1F. The van der Waals surface area contributed by atoms with Crippen molar-refractivity contribution in [2.24, 2.45) is 0 Å². The van der Waals surface area contributed by atoms with E-state index in [9.17, 15) is 14.3 Å². The summed E-state index contributed by atoms with van der Waals surface area (Å²) in [5.41, 5.74) is 6.40. The number of rotatable bonds is 3. The van der Waals surface area contributed by atoms with E-state index in [0.717, 1.165) is 6.07 Å². The summed E-state index contributed by atoms with van der Waals surface area (Å²) in [6.07, 6.45) is 0.0976. The normalized spacial score (nSPS) is 10.2. The van der Waals surface area contributed by atoms with Gasteiger partial charge in [0.15, 0.2) is 0 Å². The number of halogens is 1. The molecule has 0 aliphatic rings. The highest BCUT2D eigenvalue weighted by molar-refractivity contribution is 5.92. The fourth-order valence-corrected chi connectivity index (χ4v) is 1.66. The van der Waals surface area contributed by atoms with E-state index in [1.807, 2.05) is 0 Å². The second kappa shape index (κ2) is 5.39. The first kappa shape index (κ1) is 12.9. The molecule has 2 rings (SSSR count). The Kier molecular flexibility index (Phi) is 3.66. The second-order valence-corrected chi connectivity index (χ2v) is 4.13. The van der Waals surface area contributed by atoms with Crippen molar-refractivity contribution in [3.63, 3.8) is 0 Å². The van der Waals surface area contributed by atoms with Crippen LogP contribution in [0.15, 0.2) is 42.5 Å². The van der Waals surface area contributed by atoms with Gasteiger partial charge in [-0.15, -0.1) is 0 Å². The molecular weight excluding hydrogens is 247 g/mol. The highest BCUT2D eigenvalue weighted by Crippen LogP contribution is 2.17. The molecule has 4 N–H and O–H groups in total. The third-order valence-electron chi connectivity index (χ3n) is 2.56. The molecule has 19 heavy (non-hydrogen) atoms. The summed E-state index contributed by atoms with van der Waals surface area (Å²) in [5.74, 6) is -0.770. The molecule has 2 aromatic rings. The van der Waals surface area contributed by atoms with Gasteiger partial charge in [0.2, 0.25) is 5.91 Å². The van der Waals surface area contributed by atoms with Crippen LogP contribution in [0.4, 0.5) is 15.8 Å². The number of hydrogen-bond acceptors (Lipinski definition) is 3. The number of carbonyl (C=O) groups is 1. The molecule has 1 amide bonds. The Morgan fingerprint density at radius 1 is 1.26 bits per heavy atom. The van der Waals surface area contributed by atoms with Crippen molar-refractivity contribution < 1.29 is 14.3 Å². The molecule has 0 aliphatic heterocycles. The van der Waals surface area contributed by atoms with Gasteiger partial charge in [0.05, 0.1) is 12.1 Å². The fraction of sp³-hybridized carbons (Fsp3) is 0.0714. The number of phenolic OH excluding ortho intramolecular Hbond substituents is 1. The number of nitrogens with one attached hydrogen (secondary N) is 1. The minimum atomic E-state index is -0.574. The summed E-state index contributed by atoms with van der Waals surface area (Å²) in [6, 6.07) is 10.5. The summed E-state index contributed by atoms with van der Waals surface area (Å²) in [7, 11) is 0. The first-order valence-electron chi connectivity index (χ1n) is 5.67. The highest BCUT2D eigenvalue weighted by Gasteiger charge is 2.06. The summed E-state index contributed by atoms with van der Waals surface area (Å²) in [6.45, 7) is 0. The smallest absolute Gasteiger partial charge is 0.228 e. The third-order valence-corrected chi connectivity index (χ3v) is 2.56. The van der Waals surface area contributed by atoms with Crippen molar-refractivity contribution in [3.05, 3.63) is 53.8 Å². The maximum Gasteiger partial charge on any atom is 0.228 e. The highest BCUT2D eigenvalue weighted by atomic mass is 19.1. The number of nitrogens with two attached hydrogens (primary N) is 1. The topological polar surface area (TPSA) is 75.3 Å². The molecule has 0 unspecified atom stereocenters. The average molecular weight is 260 g/mol. The zero-order valence-corrected chi connectivity index (χ0v) is 10.1. The van der Waals surface area contributed by atoms with Crippen molar-refractivity contribution in [1.29, 1.82) is 0 Å². The van der Waals surface area contributed by atoms with Gasteiger partial charge >= 0.3 is 0 Å². The van der Waals surface area contributed by atoms with Crippen molar-refractivity contribution in [3.8, 4) is 5.75 Å². The molecule has 0 bridgehead atoms. The van der Waals surface area contributed by atoms with Crippen molar-refractivity contribution in [1.82, 2.24) is 0 Å². The van der Waals surface area contributed by atoms with E-state index in [0.29, 0.717) is 11.3 Å². The van der Waals surface area contributed by atoms with E-state index in [2.05, 4.69) is 5.32 Å². The van der Waals surface area contributed by atoms with Gasteiger partial charge in [-0.2, -0.15) is 0 Å². The third kappa shape index (κ3) is 3.45. The molecule has 0 radical (unpaired) electrons. The monoisotopic (exact) mass is 260 g/mol. The second-order valence-electron chi connectivity index (χ2n) is 4.13. The lowest BCUT2D eigenvalue weighted by molar-refractivity contribution is -0.115. The average Bonchev–Trinajstić information content (AvgIpc) is 2.34. The quantitative estimate of drug-likeness (QED) is 0.741. The summed E-state index contributed by atoms with van der Waals surface area (Å²) < 4.78 is 13.2. The van der Waals surface area contributed by atoms with Gasteiger partial charge in [-0.1, -0.05) is 12.1 Å². The van der Waals surface area contributed by atoms with Crippen LogP contribution in [0.5, 0.6) is 5.75 Å². The largest absolute Gasteiger partial charge is 0.508 e. The van der Waals surface area contributed by atoms with Crippen LogP contribution in [0.3, 0.4) is 0 Å². The number of carbonyl (C=O) groups excluding carboxylic acids is 1. The van der Waals surface area contributed by atoms with Crippen LogP contribution in [0.25, 0.3) is 0 Å². The molecule has 0 heterocycles. The maximum absolute atomic E-state index is 13.2. The number of anilines is 2. The number of benzene rings is 2. The molecule has 0 aromatic heterocycles. The number of hydrogen-bond donors (Lipinski definition) is 3. The van der Waals surface area contributed by atoms with Crippen molar-refractivity contribution >= 4 is 17.3 Å². The van der Waals surface area contributed by atoms with Crippen LogP contribution in [-0.4, -0.2) is 11.0 Å². The molecule has 2 aromatic carbocycles. The summed E-state index contributed by atoms with van der Waals surface area (Å²) in [5, 5.41) is 11.8. The lowest BCUT2D eigenvalue weighted by Crippen LogP contribution is -2.14.